The molecule has 2 aromatic rings. The number of aliphatic hydroxyl groups excluding tert-OH is 1. The number of hydrogen-bond donors (Lipinski definition) is 2. The maximum atomic E-state index is 12.5. The molecule has 3 atom stereocenters. The predicted octanol–water partition coefficient (Wildman–Crippen LogP) is 2.47. The molecule has 166 valence electrons. The Bertz CT molecular complexity index is 977. The second kappa shape index (κ2) is 8.94. The van der Waals surface area contributed by atoms with Gasteiger partial charge in [-0.05, 0) is 70.3 Å². The molecule has 8 nitrogen and oxygen atoms in total. The van der Waals surface area contributed by atoms with E-state index in [0.717, 1.165) is 69.7 Å². The Hall–Kier alpha value is -2.48. The molecule has 2 N–H and O–H groups in total. The van der Waals surface area contributed by atoms with Crippen molar-refractivity contribution < 1.29 is 5.11 Å². The molecule has 0 bridgehead atoms. The molecule has 31 heavy (non-hydrogen) atoms. The lowest BCUT2D eigenvalue weighted by atomic mass is 9.96. The maximum Gasteiger partial charge on any atom is 0.267 e. The topological polar surface area (TPSA) is 96.2 Å². The summed E-state index contributed by atoms with van der Waals surface area (Å²) >= 11 is 0. The Kier molecular flexibility index (Phi) is 5.89. The van der Waals surface area contributed by atoms with Gasteiger partial charge in [0.05, 0.1) is 12.1 Å². The van der Waals surface area contributed by atoms with E-state index in [1.807, 2.05) is 6.07 Å². The van der Waals surface area contributed by atoms with E-state index in [1.165, 1.54) is 35.2 Å². The van der Waals surface area contributed by atoms with Gasteiger partial charge in [0, 0.05) is 36.5 Å². The molecule has 2 fully saturated rings. The first-order valence-electron chi connectivity index (χ1n) is 11.8. The van der Waals surface area contributed by atoms with Crippen LogP contribution >= 0.6 is 0 Å². The highest BCUT2D eigenvalue weighted by atomic mass is 16.3. The SMILES string of the molecule is O=c1ccc(N2CCCCC2CNc2ncnc3c2CCCC3)nn1C1CCCC1O. The Labute approximate surface area is 182 Å². The minimum absolute atomic E-state index is 0.131. The van der Waals surface area contributed by atoms with Crippen molar-refractivity contribution in [1.82, 2.24) is 19.7 Å². The summed E-state index contributed by atoms with van der Waals surface area (Å²) in [6.45, 7) is 1.71. The van der Waals surface area contributed by atoms with Crippen molar-refractivity contribution in [2.45, 2.75) is 82.4 Å². The first-order valence-corrected chi connectivity index (χ1v) is 11.8. The lowest BCUT2D eigenvalue weighted by Crippen LogP contribution is -2.45. The number of piperidine rings is 1. The largest absolute Gasteiger partial charge is 0.391 e. The average molecular weight is 425 g/mol. The zero-order valence-corrected chi connectivity index (χ0v) is 18.0. The summed E-state index contributed by atoms with van der Waals surface area (Å²) in [4.78, 5) is 23.8. The Balaban J connectivity index is 1.35. The van der Waals surface area contributed by atoms with Gasteiger partial charge in [0.15, 0.2) is 0 Å². The third kappa shape index (κ3) is 4.18. The number of anilines is 2. The van der Waals surface area contributed by atoms with Crippen molar-refractivity contribution in [3.63, 3.8) is 0 Å². The molecular weight excluding hydrogens is 392 g/mol. The molecule has 1 aliphatic heterocycles. The van der Waals surface area contributed by atoms with E-state index < -0.39 is 6.10 Å². The normalized spacial score (nSPS) is 26.0. The highest BCUT2D eigenvalue weighted by molar-refractivity contribution is 5.48. The molecular formula is C23H32N6O2. The summed E-state index contributed by atoms with van der Waals surface area (Å²) < 4.78 is 1.52. The van der Waals surface area contributed by atoms with E-state index in [2.05, 4.69) is 20.2 Å². The summed E-state index contributed by atoms with van der Waals surface area (Å²) in [6, 6.07) is 3.52. The van der Waals surface area contributed by atoms with E-state index in [0.29, 0.717) is 0 Å². The van der Waals surface area contributed by atoms with Crippen molar-refractivity contribution in [3.05, 3.63) is 40.1 Å². The average Bonchev–Trinajstić information content (AvgIpc) is 3.24. The summed E-state index contributed by atoms with van der Waals surface area (Å²) in [5, 5.41) is 18.6. The number of aliphatic hydroxyl groups is 1. The molecule has 0 radical (unpaired) electrons. The van der Waals surface area contributed by atoms with Crippen molar-refractivity contribution in [2.24, 2.45) is 0 Å². The van der Waals surface area contributed by atoms with Crippen molar-refractivity contribution in [3.8, 4) is 0 Å². The molecule has 3 aliphatic rings. The fourth-order valence-electron chi connectivity index (χ4n) is 5.41. The van der Waals surface area contributed by atoms with E-state index in [9.17, 15) is 9.90 Å². The minimum atomic E-state index is -0.483. The van der Waals surface area contributed by atoms with E-state index >= 15 is 0 Å². The molecule has 2 aromatic heterocycles. The van der Waals surface area contributed by atoms with Crippen LogP contribution in [0.5, 0.6) is 0 Å². The van der Waals surface area contributed by atoms with Gasteiger partial charge in [-0.2, -0.15) is 5.10 Å². The van der Waals surface area contributed by atoms with Crippen LogP contribution in [0.1, 0.15) is 68.7 Å². The number of aryl methyl sites for hydroxylation is 1. The standard InChI is InChI=1S/C23H32N6O2/c30-20-10-5-9-19(20)29-22(31)12-11-21(27-29)28-13-4-3-6-16(28)14-24-23-17-7-1-2-8-18(17)25-15-26-23/h11-12,15-16,19-20,30H,1-10,13-14H2,(H,24,25,26). The lowest BCUT2D eigenvalue weighted by Gasteiger charge is -2.37. The molecule has 2 aliphatic carbocycles. The van der Waals surface area contributed by atoms with Gasteiger partial charge in [-0.15, -0.1) is 0 Å². The van der Waals surface area contributed by atoms with Crippen molar-refractivity contribution in [2.75, 3.05) is 23.3 Å². The zero-order valence-electron chi connectivity index (χ0n) is 18.0. The van der Waals surface area contributed by atoms with Crippen LogP contribution in [0.4, 0.5) is 11.6 Å². The summed E-state index contributed by atoms with van der Waals surface area (Å²) in [7, 11) is 0. The first-order chi connectivity index (χ1) is 15.2. The fourth-order valence-corrected chi connectivity index (χ4v) is 5.41. The third-order valence-corrected chi connectivity index (χ3v) is 7.12. The van der Waals surface area contributed by atoms with Crippen LogP contribution < -0.4 is 15.8 Å². The van der Waals surface area contributed by atoms with Crippen LogP contribution in [-0.4, -0.2) is 50.1 Å². The van der Waals surface area contributed by atoms with Gasteiger partial charge in [-0.25, -0.2) is 14.6 Å². The molecule has 8 heteroatoms. The molecule has 0 amide bonds. The zero-order chi connectivity index (χ0) is 21.2. The lowest BCUT2D eigenvalue weighted by molar-refractivity contribution is 0.127. The van der Waals surface area contributed by atoms with Gasteiger partial charge in [-0.1, -0.05) is 0 Å². The number of hydrogen-bond acceptors (Lipinski definition) is 7. The number of nitrogens with zero attached hydrogens (tertiary/aromatic N) is 5. The van der Waals surface area contributed by atoms with Crippen LogP contribution in [0.2, 0.25) is 0 Å². The summed E-state index contributed by atoms with van der Waals surface area (Å²) in [5.41, 5.74) is 2.33. The molecule has 3 heterocycles. The first kappa shape index (κ1) is 20.4. The van der Waals surface area contributed by atoms with Crippen molar-refractivity contribution in [1.29, 1.82) is 0 Å². The van der Waals surface area contributed by atoms with Crippen molar-refractivity contribution >= 4 is 11.6 Å². The van der Waals surface area contributed by atoms with Gasteiger partial charge in [0.2, 0.25) is 0 Å². The second-order valence-electron chi connectivity index (χ2n) is 9.12. The van der Waals surface area contributed by atoms with E-state index in [4.69, 9.17) is 5.10 Å². The van der Waals surface area contributed by atoms with Gasteiger partial charge in [-0.3, -0.25) is 4.79 Å². The molecule has 0 aromatic carbocycles. The Morgan fingerprint density at radius 1 is 1.03 bits per heavy atom. The quantitative estimate of drug-likeness (QED) is 0.761. The molecule has 0 spiro atoms. The Morgan fingerprint density at radius 3 is 2.81 bits per heavy atom. The highest BCUT2D eigenvalue weighted by Crippen LogP contribution is 2.30. The summed E-state index contributed by atoms with van der Waals surface area (Å²) in [6.07, 6.45) is 11.5. The maximum absolute atomic E-state index is 12.5. The van der Waals surface area contributed by atoms with Crippen LogP contribution in [0.3, 0.4) is 0 Å². The predicted molar refractivity (Wildman–Crippen MR) is 120 cm³/mol. The van der Waals surface area contributed by atoms with E-state index in [1.54, 1.807) is 12.4 Å². The highest BCUT2D eigenvalue weighted by Gasteiger charge is 2.30. The third-order valence-electron chi connectivity index (χ3n) is 7.12. The number of nitrogens with one attached hydrogen (secondary N) is 1. The number of fused-ring (bicyclic) bond motifs is 1. The second-order valence-corrected chi connectivity index (χ2v) is 9.12. The van der Waals surface area contributed by atoms with E-state index in [-0.39, 0.29) is 17.6 Å². The van der Waals surface area contributed by atoms with Crippen LogP contribution in [0.15, 0.2) is 23.3 Å². The van der Waals surface area contributed by atoms with Crippen LogP contribution in [0.25, 0.3) is 0 Å². The van der Waals surface area contributed by atoms with Crippen LogP contribution in [-0.2, 0) is 12.8 Å². The van der Waals surface area contributed by atoms with Gasteiger partial charge < -0.3 is 15.3 Å². The fraction of sp³-hybridized carbons (Fsp3) is 0.652. The smallest absolute Gasteiger partial charge is 0.267 e. The molecule has 3 unspecified atom stereocenters. The van der Waals surface area contributed by atoms with Gasteiger partial charge in [0.1, 0.15) is 18.0 Å². The minimum Gasteiger partial charge on any atom is -0.391 e. The molecule has 5 rings (SSSR count). The molecule has 1 saturated heterocycles. The number of aromatic nitrogens is 4. The molecule has 1 saturated carbocycles. The monoisotopic (exact) mass is 424 g/mol. The van der Waals surface area contributed by atoms with Gasteiger partial charge >= 0.3 is 0 Å². The Morgan fingerprint density at radius 2 is 1.94 bits per heavy atom. The van der Waals surface area contributed by atoms with Crippen LogP contribution in [0, 0.1) is 0 Å². The van der Waals surface area contributed by atoms with Gasteiger partial charge in [0.25, 0.3) is 5.56 Å². The summed E-state index contributed by atoms with van der Waals surface area (Å²) in [5.74, 6) is 1.80. The number of rotatable bonds is 5.